The third-order valence-corrected chi connectivity index (χ3v) is 3.29. The Labute approximate surface area is 84.6 Å². The van der Waals surface area contributed by atoms with Crippen molar-refractivity contribution < 1.29 is 9.53 Å². The largest absolute Gasteiger partial charge is 0.458 e. The van der Waals surface area contributed by atoms with Gasteiger partial charge in [0.2, 0.25) is 0 Å². The van der Waals surface area contributed by atoms with Crippen LogP contribution in [0.1, 0.15) is 25.7 Å². The predicted octanol–water partition coefficient (Wildman–Crippen LogP) is 2.46. The minimum Gasteiger partial charge on any atom is -0.458 e. The first kappa shape index (κ1) is 9.50. The molecule has 0 N–H and O–H groups in total. The molecule has 0 aromatic rings. The van der Waals surface area contributed by atoms with Crippen LogP contribution in [-0.4, -0.2) is 12.6 Å². The van der Waals surface area contributed by atoms with E-state index in [1.165, 1.54) is 19.3 Å². The molecule has 76 valence electrons. The summed E-state index contributed by atoms with van der Waals surface area (Å²) in [6.07, 6.45) is 8.42. The van der Waals surface area contributed by atoms with Gasteiger partial charge >= 0.3 is 5.97 Å². The molecule has 0 bridgehead atoms. The van der Waals surface area contributed by atoms with Gasteiger partial charge in [0.25, 0.3) is 0 Å². The van der Waals surface area contributed by atoms with Crippen LogP contribution in [0.5, 0.6) is 0 Å². The van der Waals surface area contributed by atoms with Crippen LogP contribution in [-0.2, 0) is 9.53 Å². The topological polar surface area (TPSA) is 26.3 Å². The Morgan fingerprint density at radius 3 is 3.07 bits per heavy atom. The third kappa shape index (κ3) is 1.61. The second-order valence-electron chi connectivity index (χ2n) is 4.07. The number of carbonyl (C=O) groups is 1. The molecule has 0 aliphatic heterocycles. The van der Waals surface area contributed by atoms with Gasteiger partial charge in [-0.3, -0.25) is 0 Å². The summed E-state index contributed by atoms with van der Waals surface area (Å²) in [5.74, 6) is 1.13. The van der Waals surface area contributed by atoms with Crippen molar-refractivity contribution >= 4 is 5.97 Å². The summed E-state index contributed by atoms with van der Waals surface area (Å²) in [5, 5.41) is 0. The standard InChI is InChI=1S/C12H16O2/c1-2-8-14-12(13)11-5-3-4-9-6-7-10(9)11/h2,5,9-10H,1,3-4,6-8H2. The average Bonchev–Trinajstić information content (AvgIpc) is 2.15. The van der Waals surface area contributed by atoms with Crippen LogP contribution in [0.15, 0.2) is 24.3 Å². The molecule has 2 aliphatic rings. The molecule has 14 heavy (non-hydrogen) atoms. The van der Waals surface area contributed by atoms with Crippen LogP contribution in [0.25, 0.3) is 0 Å². The summed E-state index contributed by atoms with van der Waals surface area (Å²) in [5.41, 5.74) is 0.925. The molecule has 2 aliphatic carbocycles. The van der Waals surface area contributed by atoms with Crippen LogP contribution in [0.2, 0.25) is 0 Å². The average molecular weight is 192 g/mol. The van der Waals surface area contributed by atoms with E-state index in [9.17, 15) is 4.79 Å². The fourth-order valence-corrected chi connectivity index (χ4v) is 2.38. The highest BCUT2D eigenvalue weighted by molar-refractivity contribution is 5.89. The number of carbonyl (C=O) groups excluding carboxylic acids is 1. The van der Waals surface area contributed by atoms with Gasteiger partial charge in [0.05, 0.1) is 0 Å². The molecule has 2 rings (SSSR count). The zero-order chi connectivity index (χ0) is 9.97. The monoisotopic (exact) mass is 192 g/mol. The van der Waals surface area contributed by atoms with Crippen molar-refractivity contribution in [3.8, 4) is 0 Å². The van der Waals surface area contributed by atoms with Gasteiger partial charge in [-0.25, -0.2) is 4.79 Å². The third-order valence-electron chi connectivity index (χ3n) is 3.29. The summed E-state index contributed by atoms with van der Waals surface area (Å²) in [4.78, 5) is 11.6. The Hall–Kier alpha value is -1.05. The maximum absolute atomic E-state index is 11.6. The fourth-order valence-electron chi connectivity index (χ4n) is 2.38. The molecule has 0 aromatic carbocycles. The Kier molecular flexibility index (Phi) is 2.71. The lowest BCUT2D eigenvalue weighted by atomic mass is 9.65. The second kappa shape index (κ2) is 3.99. The fraction of sp³-hybridized carbons (Fsp3) is 0.583. The highest BCUT2D eigenvalue weighted by atomic mass is 16.5. The minimum absolute atomic E-state index is 0.126. The number of esters is 1. The quantitative estimate of drug-likeness (QED) is 0.507. The smallest absolute Gasteiger partial charge is 0.334 e. The van der Waals surface area contributed by atoms with E-state index in [1.807, 2.05) is 0 Å². The molecular formula is C12H16O2. The normalized spacial score (nSPS) is 29.6. The number of allylic oxidation sites excluding steroid dienone is 1. The van der Waals surface area contributed by atoms with Crippen molar-refractivity contribution in [2.45, 2.75) is 25.7 Å². The molecule has 0 radical (unpaired) electrons. The lowest BCUT2D eigenvalue weighted by Gasteiger charge is -2.40. The van der Waals surface area contributed by atoms with Gasteiger partial charge in [0.1, 0.15) is 6.61 Å². The van der Waals surface area contributed by atoms with E-state index in [-0.39, 0.29) is 5.97 Å². The van der Waals surface area contributed by atoms with E-state index in [0.717, 1.165) is 17.9 Å². The summed E-state index contributed by atoms with van der Waals surface area (Å²) < 4.78 is 5.06. The summed E-state index contributed by atoms with van der Waals surface area (Å²) >= 11 is 0. The van der Waals surface area contributed by atoms with Gasteiger partial charge in [-0.1, -0.05) is 18.7 Å². The number of fused-ring (bicyclic) bond motifs is 1. The van der Waals surface area contributed by atoms with Crippen molar-refractivity contribution in [1.29, 1.82) is 0 Å². The lowest BCUT2D eigenvalue weighted by Crippen LogP contribution is -2.33. The molecule has 2 atom stereocenters. The van der Waals surface area contributed by atoms with Gasteiger partial charge in [0.15, 0.2) is 0 Å². The highest BCUT2D eigenvalue weighted by Gasteiger charge is 2.38. The molecule has 2 unspecified atom stereocenters. The van der Waals surface area contributed by atoms with Crippen molar-refractivity contribution in [3.63, 3.8) is 0 Å². The van der Waals surface area contributed by atoms with Crippen LogP contribution in [0.3, 0.4) is 0 Å². The van der Waals surface area contributed by atoms with Crippen LogP contribution in [0.4, 0.5) is 0 Å². The van der Waals surface area contributed by atoms with Crippen molar-refractivity contribution in [2.75, 3.05) is 6.61 Å². The van der Waals surface area contributed by atoms with Gasteiger partial charge in [0, 0.05) is 5.57 Å². The van der Waals surface area contributed by atoms with Gasteiger partial charge in [-0.15, -0.1) is 0 Å². The summed E-state index contributed by atoms with van der Waals surface area (Å²) in [6.45, 7) is 3.86. The predicted molar refractivity (Wildman–Crippen MR) is 54.7 cm³/mol. The Morgan fingerprint density at radius 2 is 2.43 bits per heavy atom. The van der Waals surface area contributed by atoms with Gasteiger partial charge < -0.3 is 4.74 Å². The molecular weight excluding hydrogens is 176 g/mol. The van der Waals surface area contributed by atoms with E-state index in [4.69, 9.17) is 4.74 Å². The molecule has 1 fully saturated rings. The number of hydrogen-bond acceptors (Lipinski definition) is 2. The number of ether oxygens (including phenoxy) is 1. The molecule has 1 saturated carbocycles. The van der Waals surface area contributed by atoms with Gasteiger partial charge in [-0.05, 0) is 37.5 Å². The van der Waals surface area contributed by atoms with E-state index < -0.39 is 0 Å². The number of rotatable bonds is 3. The molecule has 0 amide bonds. The van der Waals surface area contributed by atoms with Gasteiger partial charge in [-0.2, -0.15) is 0 Å². The first-order valence-corrected chi connectivity index (χ1v) is 5.31. The molecule has 2 heteroatoms. The molecule has 0 spiro atoms. The van der Waals surface area contributed by atoms with Crippen LogP contribution >= 0.6 is 0 Å². The molecule has 0 heterocycles. The second-order valence-corrected chi connectivity index (χ2v) is 4.07. The Morgan fingerprint density at radius 1 is 1.57 bits per heavy atom. The van der Waals surface area contributed by atoms with Crippen molar-refractivity contribution in [1.82, 2.24) is 0 Å². The van der Waals surface area contributed by atoms with Crippen LogP contribution in [0, 0.1) is 11.8 Å². The molecule has 2 nitrogen and oxygen atoms in total. The van der Waals surface area contributed by atoms with E-state index >= 15 is 0 Å². The maximum atomic E-state index is 11.6. The van der Waals surface area contributed by atoms with Crippen molar-refractivity contribution in [3.05, 3.63) is 24.3 Å². The van der Waals surface area contributed by atoms with E-state index in [0.29, 0.717) is 12.5 Å². The highest BCUT2D eigenvalue weighted by Crippen LogP contribution is 2.45. The lowest BCUT2D eigenvalue weighted by molar-refractivity contribution is -0.139. The number of hydrogen-bond donors (Lipinski definition) is 0. The SMILES string of the molecule is C=CCOC(=O)C1=CCCC2CCC12. The van der Waals surface area contributed by atoms with E-state index in [2.05, 4.69) is 12.7 Å². The maximum Gasteiger partial charge on any atom is 0.334 e. The summed E-state index contributed by atoms with van der Waals surface area (Å²) in [6, 6.07) is 0. The minimum atomic E-state index is -0.126. The Bertz CT molecular complexity index is 278. The van der Waals surface area contributed by atoms with Crippen molar-refractivity contribution in [2.24, 2.45) is 11.8 Å². The van der Waals surface area contributed by atoms with E-state index in [1.54, 1.807) is 6.08 Å². The first-order valence-electron chi connectivity index (χ1n) is 5.31. The first-order chi connectivity index (χ1) is 6.83. The molecule has 0 aromatic heterocycles. The Balaban J connectivity index is 1.98. The summed E-state index contributed by atoms with van der Waals surface area (Å²) in [7, 11) is 0. The molecule has 0 saturated heterocycles. The van der Waals surface area contributed by atoms with Crippen LogP contribution < -0.4 is 0 Å². The zero-order valence-electron chi connectivity index (χ0n) is 8.37. The zero-order valence-corrected chi connectivity index (χ0v) is 8.37.